The van der Waals surface area contributed by atoms with Crippen molar-refractivity contribution >= 4 is 33.4 Å². The molecule has 0 radical (unpaired) electrons. The molecule has 2 amide bonds. The number of carbonyl (C=O) groups is 2. The van der Waals surface area contributed by atoms with Gasteiger partial charge in [-0.1, -0.05) is 0 Å². The Labute approximate surface area is 154 Å². The smallest absolute Gasteiger partial charge is 0.269 e. The van der Waals surface area contributed by atoms with Crippen LogP contribution in [0.15, 0.2) is 23.7 Å². The van der Waals surface area contributed by atoms with Gasteiger partial charge >= 0.3 is 0 Å². The predicted octanol–water partition coefficient (Wildman–Crippen LogP) is 1.07. The van der Waals surface area contributed by atoms with Crippen molar-refractivity contribution in [1.29, 1.82) is 0 Å². The van der Waals surface area contributed by atoms with Crippen LogP contribution in [0.1, 0.15) is 33.0 Å². The number of hydrogen-bond acceptors (Lipinski definition) is 5. The number of aromatic amines is 1. The van der Waals surface area contributed by atoms with E-state index in [0.717, 1.165) is 35.3 Å². The second-order valence-electron chi connectivity index (χ2n) is 6.62. The Hall–Kier alpha value is -2.65. The van der Waals surface area contributed by atoms with Gasteiger partial charge in [0.1, 0.15) is 5.69 Å². The number of nitrogens with one attached hydrogen (secondary N) is 2. The molecule has 4 rings (SSSR count). The minimum Gasteiger partial charge on any atom is -0.364 e. The van der Waals surface area contributed by atoms with Gasteiger partial charge in [-0.05, 0) is 23.9 Å². The van der Waals surface area contributed by atoms with Crippen LogP contribution in [0.2, 0.25) is 0 Å². The maximum absolute atomic E-state index is 12.4. The molecular weight excluding hydrogens is 352 g/mol. The molecule has 0 aliphatic carbocycles. The molecule has 0 spiro atoms. The first-order valence-electron chi connectivity index (χ1n) is 8.41. The van der Waals surface area contributed by atoms with Crippen molar-refractivity contribution in [1.82, 2.24) is 25.0 Å². The van der Waals surface area contributed by atoms with Crippen molar-refractivity contribution in [3.8, 4) is 0 Å². The highest BCUT2D eigenvalue weighted by atomic mass is 32.1. The van der Waals surface area contributed by atoms with Crippen molar-refractivity contribution in [3.63, 3.8) is 0 Å². The molecular formula is C17H20N6O2S. The van der Waals surface area contributed by atoms with E-state index in [0.29, 0.717) is 17.9 Å². The van der Waals surface area contributed by atoms with Crippen molar-refractivity contribution in [2.45, 2.75) is 19.0 Å². The van der Waals surface area contributed by atoms with Crippen LogP contribution in [0.4, 0.5) is 0 Å². The molecule has 1 atom stereocenters. The minimum absolute atomic E-state index is 0.0811. The van der Waals surface area contributed by atoms with E-state index in [4.69, 9.17) is 5.73 Å². The van der Waals surface area contributed by atoms with E-state index in [2.05, 4.69) is 20.3 Å². The normalized spacial score (nSPS) is 17.8. The summed E-state index contributed by atoms with van der Waals surface area (Å²) in [5.74, 6) is -0.601. The summed E-state index contributed by atoms with van der Waals surface area (Å²) in [6.45, 7) is 2.17. The van der Waals surface area contributed by atoms with Crippen LogP contribution in [-0.4, -0.2) is 50.6 Å². The van der Waals surface area contributed by atoms with Crippen LogP contribution in [-0.2, 0) is 13.6 Å². The monoisotopic (exact) mass is 372 g/mol. The zero-order chi connectivity index (χ0) is 18.3. The quantitative estimate of drug-likeness (QED) is 0.622. The van der Waals surface area contributed by atoms with Crippen molar-refractivity contribution in [3.05, 3.63) is 40.7 Å². The predicted molar refractivity (Wildman–Crippen MR) is 99.0 cm³/mol. The summed E-state index contributed by atoms with van der Waals surface area (Å²) in [7, 11) is 1.77. The fourth-order valence-electron chi connectivity index (χ4n) is 3.43. The van der Waals surface area contributed by atoms with Gasteiger partial charge in [0.15, 0.2) is 5.69 Å². The molecule has 26 heavy (non-hydrogen) atoms. The van der Waals surface area contributed by atoms with Gasteiger partial charge in [0, 0.05) is 44.5 Å². The standard InChI is InChI=1S/C17H20N6O2S/c1-22-7-10(15(21-22)16(18)24)8-23-4-2-11(9-23)19-17(25)13-6-14-12(20-13)3-5-26-14/h3,5-7,11,20H,2,4,8-9H2,1H3,(H2,18,24)(H,19,25). The average Bonchev–Trinajstić information content (AvgIpc) is 3.31. The van der Waals surface area contributed by atoms with E-state index in [-0.39, 0.29) is 11.9 Å². The molecule has 1 aliphatic heterocycles. The molecule has 1 unspecified atom stereocenters. The number of nitrogens with two attached hydrogens (primary N) is 1. The van der Waals surface area contributed by atoms with E-state index in [1.165, 1.54) is 0 Å². The van der Waals surface area contributed by atoms with E-state index in [9.17, 15) is 9.59 Å². The highest BCUT2D eigenvalue weighted by Gasteiger charge is 2.26. The van der Waals surface area contributed by atoms with Crippen LogP contribution in [0.3, 0.4) is 0 Å². The lowest BCUT2D eigenvalue weighted by Gasteiger charge is -2.16. The first kappa shape index (κ1) is 16.8. The Morgan fingerprint density at radius 3 is 3.12 bits per heavy atom. The Balaban J connectivity index is 1.37. The van der Waals surface area contributed by atoms with Crippen LogP contribution in [0.25, 0.3) is 10.2 Å². The zero-order valence-electron chi connectivity index (χ0n) is 14.4. The average molecular weight is 372 g/mol. The SMILES string of the molecule is Cn1cc(CN2CCC(NC(=O)c3cc4sccc4[nH]3)C2)c(C(N)=O)n1. The number of thiophene rings is 1. The Kier molecular flexibility index (Phi) is 4.25. The van der Waals surface area contributed by atoms with Gasteiger partial charge in [-0.3, -0.25) is 19.2 Å². The van der Waals surface area contributed by atoms with Crippen LogP contribution in [0.5, 0.6) is 0 Å². The summed E-state index contributed by atoms with van der Waals surface area (Å²) in [6, 6.07) is 3.94. The third-order valence-electron chi connectivity index (χ3n) is 4.62. The second kappa shape index (κ2) is 6.58. The largest absolute Gasteiger partial charge is 0.364 e. The molecule has 0 saturated carbocycles. The van der Waals surface area contributed by atoms with Crippen LogP contribution in [0, 0.1) is 0 Å². The highest BCUT2D eigenvalue weighted by molar-refractivity contribution is 7.17. The Bertz CT molecular complexity index is 943. The van der Waals surface area contributed by atoms with E-state index in [1.807, 2.05) is 23.7 Å². The third kappa shape index (κ3) is 3.23. The molecule has 8 nitrogen and oxygen atoms in total. The number of primary amides is 1. The molecule has 1 saturated heterocycles. The fourth-order valence-corrected chi connectivity index (χ4v) is 4.21. The lowest BCUT2D eigenvalue weighted by molar-refractivity contribution is 0.0933. The first-order valence-corrected chi connectivity index (χ1v) is 9.29. The molecule has 1 aliphatic rings. The summed E-state index contributed by atoms with van der Waals surface area (Å²) < 4.78 is 2.68. The summed E-state index contributed by atoms with van der Waals surface area (Å²) >= 11 is 1.61. The van der Waals surface area contributed by atoms with E-state index < -0.39 is 5.91 Å². The molecule has 1 fully saturated rings. The van der Waals surface area contributed by atoms with Crippen LogP contribution < -0.4 is 11.1 Å². The van der Waals surface area contributed by atoms with Crippen molar-refractivity contribution in [2.75, 3.05) is 13.1 Å². The van der Waals surface area contributed by atoms with E-state index >= 15 is 0 Å². The minimum atomic E-state index is -0.517. The lowest BCUT2D eigenvalue weighted by atomic mass is 10.2. The number of rotatable bonds is 5. The first-order chi connectivity index (χ1) is 12.5. The molecule has 9 heteroatoms. The highest BCUT2D eigenvalue weighted by Crippen LogP contribution is 2.22. The lowest BCUT2D eigenvalue weighted by Crippen LogP contribution is -2.37. The number of likely N-dealkylation sites (tertiary alicyclic amines) is 1. The number of amides is 2. The molecule has 0 aromatic carbocycles. The molecule has 3 aromatic rings. The van der Waals surface area contributed by atoms with Gasteiger partial charge in [0.05, 0.1) is 10.2 Å². The van der Waals surface area contributed by atoms with Crippen molar-refractivity contribution < 1.29 is 9.59 Å². The number of aryl methyl sites for hydroxylation is 1. The number of H-pyrrole nitrogens is 1. The Morgan fingerprint density at radius 2 is 2.35 bits per heavy atom. The maximum Gasteiger partial charge on any atom is 0.269 e. The number of hydrogen-bond donors (Lipinski definition) is 3. The molecule has 3 aromatic heterocycles. The molecule has 4 N–H and O–H groups in total. The summed E-state index contributed by atoms with van der Waals surface area (Å²) in [5, 5.41) is 9.20. The number of nitrogens with zero attached hydrogens (tertiary/aromatic N) is 3. The third-order valence-corrected chi connectivity index (χ3v) is 5.49. The zero-order valence-corrected chi connectivity index (χ0v) is 15.2. The number of carbonyl (C=O) groups excluding carboxylic acids is 2. The second-order valence-corrected chi connectivity index (χ2v) is 7.56. The summed E-state index contributed by atoms with van der Waals surface area (Å²) in [6.07, 6.45) is 2.69. The van der Waals surface area contributed by atoms with Crippen molar-refractivity contribution in [2.24, 2.45) is 12.8 Å². The molecule has 136 valence electrons. The number of fused-ring (bicyclic) bond motifs is 1. The van der Waals surface area contributed by atoms with Gasteiger partial charge in [0.25, 0.3) is 11.8 Å². The van der Waals surface area contributed by atoms with Gasteiger partial charge in [-0.25, -0.2) is 0 Å². The van der Waals surface area contributed by atoms with Gasteiger partial charge in [-0.15, -0.1) is 11.3 Å². The van der Waals surface area contributed by atoms with Gasteiger partial charge in [0.2, 0.25) is 0 Å². The molecule has 0 bridgehead atoms. The molecule has 4 heterocycles. The van der Waals surface area contributed by atoms with Gasteiger partial charge < -0.3 is 16.0 Å². The summed E-state index contributed by atoms with van der Waals surface area (Å²) in [4.78, 5) is 29.3. The van der Waals surface area contributed by atoms with Gasteiger partial charge in [-0.2, -0.15) is 5.10 Å². The fraction of sp³-hybridized carbons (Fsp3) is 0.353. The summed E-state index contributed by atoms with van der Waals surface area (Å²) in [5.41, 5.74) is 8.10. The van der Waals surface area contributed by atoms with E-state index in [1.54, 1.807) is 23.1 Å². The van der Waals surface area contributed by atoms with Crippen LogP contribution >= 0.6 is 11.3 Å². The maximum atomic E-state index is 12.4. The Morgan fingerprint density at radius 1 is 1.50 bits per heavy atom. The topological polar surface area (TPSA) is 109 Å². The number of aromatic nitrogens is 3.